The lowest BCUT2D eigenvalue weighted by Gasteiger charge is -2.38. The first-order valence-electron chi connectivity index (χ1n) is 9.23. The average Bonchev–Trinajstić information content (AvgIpc) is 2.68. The first kappa shape index (κ1) is 21.6. The van der Waals surface area contributed by atoms with E-state index in [-0.39, 0.29) is 30.3 Å². The standard InChI is InChI=1S/C21H21F6NO/c22-20(23,24)17-9-15(10-18(11-17)21(25,26)27)12-29-14-19(7-4-8-28-13-19)16-5-2-1-3-6-16/h1-3,5-6,9-11,28H,4,7-8,12-14H2/t19-/m1/s1. The molecule has 0 bridgehead atoms. The monoisotopic (exact) mass is 417 g/mol. The topological polar surface area (TPSA) is 21.3 Å². The van der Waals surface area contributed by atoms with E-state index in [4.69, 9.17) is 4.74 Å². The average molecular weight is 417 g/mol. The highest BCUT2D eigenvalue weighted by atomic mass is 19.4. The van der Waals surface area contributed by atoms with E-state index in [2.05, 4.69) is 5.32 Å². The number of piperidine rings is 1. The van der Waals surface area contributed by atoms with Crippen LogP contribution in [0.25, 0.3) is 0 Å². The van der Waals surface area contributed by atoms with Gasteiger partial charge in [0.1, 0.15) is 0 Å². The minimum atomic E-state index is -4.87. The maximum absolute atomic E-state index is 13.0. The quantitative estimate of drug-likeness (QED) is 0.643. The smallest absolute Gasteiger partial charge is 0.376 e. The third-order valence-electron chi connectivity index (χ3n) is 5.15. The summed E-state index contributed by atoms with van der Waals surface area (Å²) >= 11 is 0. The van der Waals surface area contributed by atoms with Crippen LogP contribution < -0.4 is 5.32 Å². The Morgan fingerprint density at radius 2 is 1.52 bits per heavy atom. The van der Waals surface area contributed by atoms with Crippen LogP contribution >= 0.6 is 0 Å². The van der Waals surface area contributed by atoms with Gasteiger partial charge in [-0.05, 0) is 48.7 Å². The van der Waals surface area contributed by atoms with Crippen LogP contribution in [-0.4, -0.2) is 19.7 Å². The molecule has 2 aromatic carbocycles. The van der Waals surface area contributed by atoms with Gasteiger partial charge in [-0.2, -0.15) is 26.3 Å². The number of alkyl halides is 6. The number of hydrogen-bond donors (Lipinski definition) is 1. The Morgan fingerprint density at radius 3 is 2.03 bits per heavy atom. The molecule has 0 amide bonds. The molecule has 3 rings (SSSR count). The summed E-state index contributed by atoms with van der Waals surface area (Å²) in [5.74, 6) is 0. The molecule has 1 heterocycles. The Balaban J connectivity index is 1.79. The van der Waals surface area contributed by atoms with Gasteiger partial charge in [0.2, 0.25) is 0 Å². The maximum Gasteiger partial charge on any atom is 0.416 e. The van der Waals surface area contributed by atoms with Crippen molar-refractivity contribution in [2.45, 2.75) is 37.2 Å². The molecule has 0 spiro atoms. The molecule has 158 valence electrons. The summed E-state index contributed by atoms with van der Waals surface area (Å²) in [6.07, 6.45) is -8.01. The third kappa shape index (κ3) is 5.30. The molecule has 1 atom stereocenters. The number of ether oxygens (including phenoxy) is 1. The molecular formula is C21H21F6NO. The third-order valence-corrected chi connectivity index (χ3v) is 5.15. The van der Waals surface area contributed by atoms with Crippen LogP contribution in [0.5, 0.6) is 0 Å². The zero-order valence-electron chi connectivity index (χ0n) is 15.5. The summed E-state index contributed by atoms with van der Waals surface area (Å²) in [5.41, 5.74) is -2.15. The lowest BCUT2D eigenvalue weighted by Crippen LogP contribution is -2.46. The summed E-state index contributed by atoms with van der Waals surface area (Å²) in [5, 5.41) is 3.30. The summed E-state index contributed by atoms with van der Waals surface area (Å²) in [7, 11) is 0. The summed E-state index contributed by atoms with van der Waals surface area (Å²) < 4.78 is 83.8. The number of hydrogen-bond acceptors (Lipinski definition) is 2. The zero-order chi connectivity index (χ0) is 21.1. The van der Waals surface area contributed by atoms with Gasteiger partial charge in [0.05, 0.1) is 24.3 Å². The second-order valence-corrected chi connectivity index (χ2v) is 7.33. The molecule has 2 nitrogen and oxygen atoms in total. The SMILES string of the molecule is FC(F)(F)c1cc(COC[C@@]2(c3ccccc3)CCCNC2)cc(C(F)(F)F)c1. The Kier molecular flexibility index (Phi) is 6.24. The molecule has 0 aliphatic carbocycles. The highest BCUT2D eigenvalue weighted by Crippen LogP contribution is 2.37. The van der Waals surface area contributed by atoms with Crippen molar-refractivity contribution in [2.24, 2.45) is 0 Å². The van der Waals surface area contributed by atoms with Gasteiger partial charge in [-0.15, -0.1) is 0 Å². The van der Waals surface area contributed by atoms with Crippen molar-refractivity contribution in [1.29, 1.82) is 0 Å². The highest BCUT2D eigenvalue weighted by Gasteiger charge is 2.37. The molecule has 1 aliphatic rings. The number of benzene rings is 2. The lowest BCUT2D eigenvalue weighted by atomic mass is 9.75. The van der Waals surface area contributed by atoms with E-state index in [1.54, 1.807) is 0 Å². The Labute approximate surface area is 164 Å². The minimum Gasteiger partial charge on any atom is -0.376 e. The Hall–Kier alpha value is -2.06. The predicted octanol–water partition coefficient (Wildman–Crippen LogP) is 5.56. The number of nitrogens with one attached hydrogen (secondary N) is 1. The van der Waals surface area contributed by atoms with Crippen molar-refractivity contribution in [3.8, 4) is 0 Å². The molecule has 1 fully saturated rings. The van der Waals surface area contributed by atoms with E-state index in [0.717, 1.165) is 24.9 Å². The summed E-state index contributed by atoms with van der Waals surface area (Å²) in [6.45, 7) is 1.35. The first-order chi connectivity index (χ1) is 13.6. The first-order valence-corrected chi connectivity index (χ1v) is 9.23. The van der Waals surface area contributed by atoms with Crippen molar-refractivity contribution < 1.29 is 31.1 Å². The van der Waals surface area contributed by atoms with E-state index < -0.39 is 23.5 Å². The van der Waals surface area contributed by atoms with E-state index in [1.807, 2.05) is 30.3 Å². The van der Waals surface area contributed by atoms with Gasteiger partial charge in [0.25, 0.3) is 0 Å². The summed E-state index contributed by atoms with van der Waals surface area (Å²) in [4.78, 5) is 0. The van der Waals surface area contributed by atoms with Gasteiger partial charge in [0, 0.05) is 12.0 Å². The van der Waals surface area contributed by atoms with Crippen molar-refractivity contribution in [3.05, 3.63) is 70.8 Å². The second-order valence-electron chi connectivity index (χ2n) is 7.33. The maximum atomic E-state index is 13.0. The Morgan fingerprint density at radius 1 is 0.897 bits per heavy atom. The molecule has 29 heavy (non-hydrogen) atoms. The molecule has 1 N–H and O–H groups in total. The fraction of sp³-hybridized carbons (Fsp3) is 0.429. The highest BCUT2D eigenvalue weighted by molar-refractivity contribution is 5.33. The van der Waals surface area contributed by atoms with Crippen LogP contribution in [0.4, 0.5) is 26.3 Å². The molecule has 2 aromatic rings. The molecule has 0 aromatic heterocycles. The molecule has 1 aliphatic heterocycles. The minimum absolute atomic E-state index is 0.125. The van der Waals surface area contributed by atoms with Crippen LogP contribution in [0.3, 0.4) is 0 Å². The normalized spacial score (nSPS) is 20.6. The van der Waals surface area contributed by atoms with Crippen molar-refractivity contribution in [2.75, 3.05) is 19.7 Å². The predicted molar refractivity (Wildman–Crippen MR) is 96.3 cm³/mol. The fourth-order valence-corrected chi connectivity index (χ4v) is 3.68. The van der Waals surface area contributed by atoms with Crippen LogP contribution in [-0.2, 0) is 29.1 Å². The number of rotatable bonds is 5. The van der Waals surface area contributed by atoms with Gasteiger partial charge in [-0.25, -0.2) is 0 Å². The molecule has 0 unspecified atom stereocenters. The van der Waals surface area contributed by atoms with E-state index in [0.29, 0.717) is 18.7 Å². The fourth-order valence-electron chi connectivity index (χ4n) is 3.68. The van der Waals surface area contributed by atoms with E-state index in [1.165, 1.54) is 0 Å². The van der Waals surface area contributed by atoms with Crippen molar-refractivity contribution in [1.82, 2.24) is 5.32 Å². The van der Waals surface area contributed by atoms with Crippen molar-refractivity contribution >= 4 is 0 Å². The van der Waals surface area contributed by atoms with E-state index in [9.17, 15) is 26.3 Å². The molecular weight excluding hydrogens is 396 g/mol. The molecule has 1 saturated heterocycles. The largest absolute Gasteiger partial charge is 0.416 e. The molecule has 8 heteroatoms. The summed E-state index contributed by atoms with van der Waals surface area (Å²) in [6, 6.07) is 11.1. The van der Waals surface area contributed by atoms with Crippen LogP contribution in [0.1, 0.15) is 35.1 Å². The van der Waals surface area contributed by atoms with Gasteiger partial charge in [-0.3, -0.25) is 0 Å². The zero-order valence-corrected chi connectivity index (χ0v) is 15.5. The van der Waals surface area contributed by atoms with E-state index >= 15 is 0 Å². The van der Waals surface area contributed by atoms with Crippen LogP contribution in [0.15, 0.2) is 48.5 Å². The van der Waals surface area contributed by atoms with Gasteiger partial charge >= 0.3 is 12.4 Å². The Bertz CT molecular complexity index is 778. The van der Waals surface area contributed by atoms with Gasteiger partial charge in [-0.1, -0.05) is 30.3 Å². The van der Waals surface area contributed by atoms with Crippen molar-refractivity contribution in [3.63, 3.8) is 0 Å². The van der Waals surface area contributed by atoms with Gasteiger partial charge in [0.15, 0.2) is 0 Å². The molecule has 0 radical (unpaired) electrons. The van der Waals surface area contributed by atoms with Crippen LogP contribution in [0.2, 0.25) is 0 Å². The number of halogens is 6. The van der Waals surface area contributed by atoms with Crippen LogP contribution in [0, 0.1) is 0 Å². The molecule has 0 saturated carbocycles. The lowest BCUT2D eigenvalue weighted by molar-refractivity contribution is -0.143. The van der Waals surface area contributed by atoms with Gasteiger partial charge < -0.3 is 10.1 Å². The second kappa shape index (κ2) is 8.36.